The topological polar surface area (TPSA) is 23.0 Å². The third kappa shape index (κ3) is 3.62. The van der Waals surface area contributed by atoms with Crippen LogP contribution in [0.25, 0.3) is 110 Å². The van der Waals surface area contributed by atoms with Crippen molar-refractivity contribution < 1.29 is 4.42 Å². The summed E-state index contributed by atoms with van der Waals surface area (Å²) in [6, 6.07) is 62.0. The van der Waals surface area contributed by atoms with E-state index in [-0.39, 0.29) is 0 Å². The van der Waals surface area contributed by atoms with Gasteiger partial charge in [0.15, 0.2) is 0 Å². The highest BCUT2D eigenvalue weighted by atomic mass is 16.3. The Balaban J connectivity index is 1.08. The minimum absolute atomic E-state index is 0.908. The van der Waals surface area contributed by atoms with E-state index in [1.165, 1.54) is 82.7 Å². The number of furan rings is 1. The summed E-state index contributed by atoms with van der Waals surface area (Å²) < 4.78 is 11.0. The van der Waals surface area contributed by atoms with Gasteiger partial charge in [0.1, 0.15) is 11.2 Å². The van der Waals surface area contributed by atoms with Gasteiger partial charge in [0.05, 0.1) is 27.8 Å². The molecule has 0 radical (unpaired) electrons. The number of hydrogen-bond donors (Lipinski definition) is 0. The van der Waals surface area contributed by atoms with Crippen molar-refractivity contribution in [3.63, 3.8) is 0 Å². The van der Waals surface area contributed by atoms with Crippen LogP contribution in [-0.4, -0.2) is 9.13 Å². The first-order valence-electron chi connectivity index (χ1n) is 17.5. The molecule has 0 spiro atoms. The summed E-state index contributed by atoms with van der Waals surface area (Å²) >= 11 is 0. The van der Waals surface area contributed by atoms with Crippen LogP contribution >= 0.6 is 0 Å². The van der Waals surface area contributed by atoms with Crippen LogP contribution < -0.4 is 0 Å². The van der Waals surface area contributed by atoms with Gasteiger partial charge in [-0.15, -0.1) is 0 Å². The zero-order valence-corrected chi connectivity index (χ0v) is 27.5. The van der Waals surface area contributed by atoms with Gasteiger partial charge in [-0.05, 0) is 82.9 Å². The predicted molar refractivity (Wildman–Crippen MR) is 212 cm³/mol. The molecular weight excluding hydrogens is 621 g/mol. The Morgan fingerprint density at radius 2 is 0.922 bits per heavy atom. The Morgan fingerprint density at radius 3 is 1.76 bits per heavy atom. The summed E-state index contributed by atoms with van der Waals surface area (Å²) in [5.74, 6) is 0. The van der Waals surface area contributed by atoms with E-state index in [1.54, 1.807) is 0 Å². The van der Waals surface area contributed by atoms with E-state index >= 15 is 0 Å². The molecule has 0 N–H and O–H groups in total. The van der Waals surface area contributed by atoms with Gasteiger partial charge < -0.3 is 13.6 Å². The molecule has 51 heavy (non-hydrogen) atoms. The molecular formula is C48H28N2O. The van der Waals surface area contributed by atoms with Gasteiger partial charge in [-0.25, -0.2) is 0 Å². The first kappa shape index (κ1) is 27.0. The van der Waals surface area contributed by atoms with Gasteiger partial charge >= 0.3 is 0 Å². The van der Waals surface area contributed by atoms with Crippen molar-refractivity contribution >= 4 is 65.6 Å². The SMILES string of the molecule is c1ccc2c(c1)-c1ccccc1-n1c3ccc(-c4ccc5c(c4)c4ccccc4n5-c4ccc5oc6ccccc6c5c4)cc3c3cccc-2c31. The van der Waals surface area contributed by atoms with Gasteiger partial charge in [-0.1, -0.05) is 109 Å². The molecule has 11 aromatic rings. The fraction of sp³-hybridized carbons (Fsp3) is 0. The molecule has 0 atom stereocenters. The molecule has 3 aromatic heterocycles. The smallest absolute Gasteiger partial charge is 0.135 e. The molecule has 0 saturated heterocycles. The normalized spacial score (nSPS) is 12.3. The second-order valence-electron chi connectivity index (χ2n) is 13.7. The van der Waals surface area contributed by atoms with Crippen molar-refractivity contribution in [2.45, 2.75) is 0 Å². The molecule has 1 aliphatic heterocycles. The fourth-order valence-electron chi connectivity index (χ4n) is 8.85. The van der Waals surface area contributed by atoms with Crippen LogP contribution in [0.3, 0.4) is 0 Å². The minimum atomic E-state index is 0.908. The van der Waals surface area contributed by atoms with Crippen LogP contribution in [0.4, 0.5) is 0 Å². The number of hydrogen-bond acceptors (Lipinski definition) is 1. The average molecular weight is 649 g/mol. The van der Waals surface area contributed by atoms with Crippen LogP contribution in [0.1, 0.15) is 0 Å². The van der Waals surface area contributed by atoms with E-state index in [0.29, 0.717) is 0 Å². The van der Waals surface area contributed by atoms with E-state index in [9.17, 15) is 0 Å². The first-order valence-corrected chi connectivity index (χ1v) is 17.5. The summed E-state index contributed by atoms with van der Waals surface area (Å²) in [5, 5.41) is 7.29. The van der Waals surface area contributed by atoms with Gasteiger partial charge in [-0.2, -0.15) is 0 Å². The predicted octanol–water partition coefficient (Wildman–Crippen LogP) is 13.1. The van der Waals surface area contributed by atoms with Crippen LogP contribution in [0, 0.1) is 0 Å². The summed E-state index contributed by atoms with van der Waals surface area (Å²) in [7, 11) is 0. The molecule has 3 heteroatoms. The average Bonchev–Trinajstić information content (AvgIpc) is 3.82. The fourth-order valence-corrected chi connectivity index (χ4v) is 8.85. The van der Waals surface area contributed by atoms with Gasteiger partial charge in [0.2, 0.25) is 0 Å². The summed E-state index contributed by atoms with van der Waals surface area (Å²) in [6.07, 6.45) is 0. The second kappa shape index (κ2) is 9.87. The highest BCUT2D eigenvalue weighted by Gasteiger charge is 2.24. The van der Waals surface area contributed by atoms with E-state index in [4.69, 9.17) is 4.42 Å². The largest absolute Gasteiger partial charge is 0.456 e. The van der Waals surface area contributed by atoms with E-state index in [0.717, 1.165) is 27.6 Å². The van der Waals surface area contributed by atoms with Gasteiger partial charge in [-0.3, -0.25) is 0 Å². The molecule has 3 nitrogen and oxygen atoms in total. The zero-order chi connectivity index (χ0) is 33.2. The summed E-state index contributed by atoms with van der Waals surface area (Å²) in [6.45, 7) is 0. The molecule has 4 heterocycles. The monoisotopic (exact) mass is 648 g/mol. The van der Waals surface area contributed by atoms with Crippen molar-refractivity contribution in [1.29, 1.82) is 0 Å². The minimum Gasteiger partial charge on any atom is -0.456 e. The van der Waals surface area contributed by atoms with Crippen molar-refractivity contribution in [3.05, 3.63) is 170 Å². The Bertz CT molecular complexity index is 3260. The van der Waals surface area contributed by atoms with Crippen LogP contribution in [0.5, 0.6) is 0 Å². The third-order valence-corrected chi connectivity index (χ3v) is 11.1. The zero-order valence-electron chi connectivity index (χ0n) is 27.5. The maximum atomic E-state index is 6.17. The standard InChI is InChI=1S/C48H28N2O/c1-2-11-33-32(10-1)34-12-3-7-18-43(34)50-45-24-21-30(27-40(45)38-16-9-15-37(33)48(38)50)29-20-23-44-39(26-29)35-13-4-6-17-42(35)49(44)31-22-25-47-41(28-31)36-14-5-8-19-46(36)51-47/h1-28H. The molecule has 1 aliphatic rings. The van der Waals surface area contributed by atoms with Gasteiger partial charge in [0, 0.05) is 49.1 Å². The lowest BCUT2D eigenvalue weighted by Crippen LogP contribution is -1.95. The Hall–Kier alpha value is -6.84. The molecule has 0 amide bonds. The highest BCUT2D eigenvalue weighted by Crippen LogP contribution is 2.47. The van der Waals surface area contributed by atoms with Crippen molar-refractivity contribution in [3.8, 4) is 44.8 Å². The Labute approximate surface area is 292 Å². The third-order valence-electron chi connectivity index (χ3n) is 11.1. The number of fused-ring (bicyclic) bond motifs is 14. The lowest BCUT2D eigenvalue weighted by molar-refractivity contribution is 0.669. The van der Waals surface area contributed by atoms with Crippen LogP contribution in [0.2, 0.25) is 0 Å². The quantitative estimate of drug-likeness (QED) is 0.183. The summed E-state index contributed by atoms with van der Waals surface area (Å²) in [5.41, 5.74) is 16.5. The van der Waals surface area contributed by atoms with Crippen LogP contribution in [0.15, 0.2) is 174 Å². The maximum absolute atomic E-state index is 6.17. The molecule has 0 saturated carbocycles. The van der Waals surface area contributed by atoms with Gasteiger partial charge in [0.25, 0.3) is 0 Å². The van der Waals surface area contributed by atoms with Crippen LogP contribution in [-0.2, 0) is 0 Å². The van der Waals surface area contributed by atoms with Crippen molar-refractivity contribution in [2.75, 3.05) is 0 Å². The summed E-state index contributed by atoms with van der Waals surface area (Å²) in [4.78, 5) is 0. The van der Waals surface area contributed by atoms with Crippen molar-refractivity contribution in [1.82, 2.24) is 9.13 Å². The highest BCUT2D eigenvalue weighted by molar-refractivity contribution is 6.17. The molecule has 8 aromatic carbocycles. The molecule has 0 bridgehead atoms. The maximum Gasteiger partial charge on any atom is 0.135 e. The van der Waals surface area contributed by atoms with Crippen molar-refractivity contribution in [2.24, 2.45) is 0 Å². The molecule has 12 rings (SSSR count). The van der Waals surface area contributed by atoms with E-state index in [2.05, 4.69) is 167 Å². The molecule has 236 valence electrons. The van der Waals surface area contributed by atoms with E-state index in [1.807, 2.05) is 12.1 Å². The Morgan fingerprint density at radius 1 is 0.333 bits per heavy atom. The molecule has 0 fully saturated rings. The number of aromatic nitrogens is 2. The lowest BCUT2D eigenvalue weighted by Gasteiger charge is -2.12. The number of nitrogens with zero attached hydrogens (tertiary/aromatic N) is 2. The second-order valence-corrected chi connectivity index (χ2v) is 13.7. The van der Waals surface area contributed by atoms with E-state index < -0.39 is 0 Å². The Kier molecular flexibility index (Phi) is 5.23. The first-order chi connectivity index (χ1) is 25.3. The number of rotatable bonds is 2. The lowest BCUT2D eigenvalue weighted by atomic mass is 9.93. The molecule has 0 unspecified atom stereocenters. The number of para-hydroxylation sites is 4. The number of benzene rings is 8. The molecule has 0 aliphatic carbocycles.